The van der Waals surface area contributed by atoms with Crippen LogP contribution in [0.15, 0.2) is 36.4 Å². The van der Waals surface area contributed by atoms with Crippen molar-refractivity contribution in [2.75, 3.05) is 13.1 Å². The molecule has 2 amide bonds. The zero-order valence-corrected chi connectivity index (χ0v) is 13.6. The second kappa shape index (κ2) is 8.27. The van der Waals surface area contributed by atoms with Gasteiger partial charge in [-0.3, -0.25) is 9.59 Å². The van der Waals surface area contributed by atoms with Gasteiger partial charge in [-0.2, -0.15) is 0 Å². The average Bonchev–Trinajstić information content (AvgIpc) is 2.56. The number of carbonyl (C=O) groups is 2. The minimum atomic E-state index is -0.229. The van der Waals surface area contributed by atoms with Crippen LogP contribution in [-0.4, -0.2) is 29.9 Å². The number of amides is 2. The number of rotatable bonds is 7. The molecule has 0 radical (unpaired) electrons. The molecule has 2 N–H and O–H groups in total. The van der Waals surface area contributed by atoms with E-state index in [1.807, 2.05) is 30.3 Å². The Kier molecular flexibility index (Phi) is 6.09. The van der Waals surface area contributed by atoms with Crippen molar-refractivity contribution in [2.24, 2.45) is 5.92 Å². The fraction of sp³-hybridized carbons (Fsp3) is 0.389. The van der Waals surface area contributed by atoms with Gasteiger partial charge in [0.05, 0.1) is 5.52 Å². The van der Waals surface area contributed by atoms with Crippen LogP contribution in [-0.2, 0) is 4.79 Å². The van der Waals surface area contributed by atoms with Crippen LogP contribution in [0.5, 0.6) is 0 Å². The van der Waals surface area contributed by atoms with Gasteiger partial charge in [0.15, 0.2) is 0 Å². The van der Waals surface area contributed by atoms with Gasteiger partial charge < -0.3 is 10.6 Å². The van der Waals surface area contributed by atoms with Crippen molar-refractivity contribution in [1.29, 1.82) is 0 Å². The maximum Gasteiger partial charge on any atom is 0.269 e. The van der Waals surface area contributed by atoms with Crippen LogP contribution < -0.4 is 10.6 Å². The van der Waals surface area contributed by atoms with Crippen molar-refractivity contribution < 1.29 is 9.59 Å². The number of pyridine rings is 1. The van der Waals surface area contributed by atoms with Gasteiger partial charge in [-0.1, -0.05) is 38.1 Å². The minimum Gasteiger partial charge on any atom is -0.354 e. The Hall–Kier alpha value is -2.43. The van der Waals surface area contributed by atoms with Gasteiger partial charge >= 0.3 is 0 Å². The van der Waals surface area contributed by atoms with E-state index in [4.69, 9.17) is 0 Å². The van der Waals surface area contributed by atoms with Crippen LogP contribution in [0.1, 0.15) is 37.2 Å². The number of carbonyl (C=O) groups excluding carboxylic acids is 2. The third-order valence-corrected chi connectivity index (χ3v) is 3.51. The van der Waals surface area contributed by atoms with E-state index < -0.39 is 0 Å². The van der Waals surface area contributed by atoms with Crippen molar-refractivity contribution in [2.45, 2.75) is 26.7 Å². The highest BCUT2D eigenvalue weighted by atomic mass is 16.2. The Bertz CT molecular complexity index is 683. The lowest BCUT2D eigenvalue weighted by Crippen LogP contribution is -2.35. The van der Waals surface area contributed by atoms with Crippen LogP contribution in [0.3, 0.4) is 0 Å². The van der Waals surface area contributed by atoms with Crippen LogP contribution >= 0.6 is 0 Å². The summed E-state index contributed by atoms with van der Waals surface area (Å²) in [5.41, 5.74) is 1.18. The standard InChI is InChI=1S/C18H23N3O2/c1-13(2)7-10-17(22)19-11-12-20-18(23)16-9-8-14-5-3-4-6-15(14)21-16/h3-6,8-9,13H,7,10-12H2,1-2H3,(H,19,22)(H,20,23). The summed E-state index contributed by atoms with van der Waals surface area (Å²) >= 11 is 0. The Balaban J connectivity index is 1.77. The molecule has 5 heteroatoms. The fourth-order valence-electron chi connectivity index (χ4n) is 2.17. The molecule has 1 aromatic carbocycles. The van der Waals surface area contributed by atoms with Gasteiger partial charge in [0.25, 0.3) is 5.91 Å². The summed E-state index contributed by atoms with van der Waals surface area (Å²) in [6.07, 6.45) is 1.40. The molecule has 2 rings (SSSR count). The molecule has 0 fully saturated rings. The van der Waals surface area contributed by atoms with E-state index in [1.165, 1.54) is 0 Å². The molecule has 0 spiro atoms. The van der Waals surface area contributed by atoms with Crippen molar-refractivity contribution >= 4 is 22.7 Å². The second-order valence-electron chi connectivity index (χ2n) is 5.93. The summed E-state index contributed by atoms with van der Waals surface area (Å²) in [5.74, 6) is 0.309. The van der Waals surface area contributed by atoms with Gasteiger partial charge in [-0.25, -0.2) is 4.98 Å². The summed E-state index contributed by atoms with van der Waals surface area (Å²) in [6, 6.07) is 11.2. The minimum absolute atomic E-state index is 0.0248. The molecule has 122 valence electrons. The number of aromatic nitrogens is 1. The molecule has 0 saturated carbocycles. The first-order chi connectivity index (χ1) is 11.1. The maximum absolute atomic E-state index is 12.1. The maximum atomic E-state index is 12.1. The molecule has 5 nitrogen and oxygen atoms in total. The molecule has 0 unspecified atom stereocenters. The Morgan fingerprint density at radius 2 is 1.78 bits per heavy atom. The van der Waals surface area contributed by atoms with Crippen LogP contribution in [0.4, 0.5) is 0 Å². The Morgan fingerprint density at radius 3 is 2.57 bits per heavy atom. The third-order valence-electron chi connectivity index (χ3n) is 3.51. The second-order valence-corrected chi connectivity index (χ2v) is 5.93. The van der Waals surface area contributed by atoms with Gasteiger partial charge in [0, 0.05) is 24.9 Å². The van der Waals surface area contributed by atoms with Crippen molar-refractivity contribution in [1.82, 2.24) is 15.6 Å². The molecular weight excluding hydrogens is 290 g/mol. The van der Waals surface area contributed by atoms with Gasteiger partial charge in [-0.15, -0.1) is 0 Å². The highest BCUT2D eigenvalue weighted by molar-refractivity contribution is 5.94. The number of hydrogen-bond acceptors (Lipinski definition) is 3. The zero-order valence-electron chi connectivity index (χ0n) is 13.6. The normalized spacial score (nSPS) is 10.7. The predicted molar refractivity (Wildman–Crippen MR) is 91.2 cm³/mol. The molecule has 0 saturated heterocycles. The van der Waals surface area contributed by atoms with Gasteiger partial charge in [0.1, 0.15) is 5.69 Å². The lowest BCUT2D eigenvalue weighted by atomic mass is 10.1. The molecule has 1 heterocycles. The molecule has 0 aliphatic rings. The summed E-state index contributed by atoms with van der Waals surface area (Å²) in [6.45, 7) is 4.99. The van der Waals surface area contributed by atoms with E-state index in [0.717, 1.165) is 17.3 Å². The van der Waals surface area contributed by atoms with E-state index in [2.05, 4.69) is 29.5 Å². The quantitative estimate of drug-likeness (QED) is 0.772. The lowest BCUT2D eigenvalue weighted by molar-refractivity contribution is -0.121. The first-order valence-corrected chi connectivity index (χ1v) is 7.97. The van der Waals surface area contributed by atoms with Gasteiger partial charge in [-0.05, 0) is 24.5 Å². The average molecular weight is 313 g/mol. The molecule has 1 aromatic heterocycles. The number of nitrogens with zero attached hydrogens (tertiary/aromatic N) is 1. The lowest BCUT2D eigenvalue weighted by Gasteiger charge is -2.08. The van der Waals surface area contributed by atoms with E-state index in [0.29, 0.717) is 31.1 Å². The fourth-order valence-corrected chi connectivity index (χ4v) is 2.17. The first kappa shape index (κ1) is 16.9. The zero-order chi connectivity index (χ0) is 16.7. The molecule has 23 heavy (non-hydrogen) atoms. The summed E-state index contributed by atoms with van der Waals surface area (Å²) in [5, 5.41) is 6.57. The topological polar surface area (TPSA) is 71.1 Å². The molecule has 2 aromatic rings. The molecule has 0 atom stereocenters. The monoisotopic (exact) mass is 313 g/mol. The predicted octanol–water partition coefficient (Wildman–Crippen LogP) is 2.52. The molecule has 0 aliphatic carbocycles. The number of hydrogen-bond donors (Lipinski definition) is 2. The first-order valence-electron chi connectivity index (χ1n) is 7.97. The van der Waals surface area contributed by atoms with E-state index in [-0.39, 0.29) is 11.8 Å². The number of fused-ring (bicyclic) bond motifs is 1. The number of para-hydroxylation sites is 1. The summed E-state index contributed by atoms with van der Waals surface area (Å²) in [4.78, 5) is 28.0. The largest absolute Gasteiger partial charge is 0.354 e. The molecule has 0 bridgehead atoms. The number of benzene rings is 1. The highest BCUT2D eigenvalue weighted by Crippen LogP contribution is 2.11. The smallest absolute Gasteiger partial charge is 0.269 e. The van der Waals surface area contributed by atoms with Gasteiger partial charge in [0.2, 0.25) is 5.91 Å². The van der Waals surface area contributed by atoms with E-state index >= 15 is 0 Å². The van der Waals surface area contributed by atoms with Crippen LogP contribution in [0.2, 0.25) is 0 Å². The van der Waals surface area contributed by atoms with Crippen LogP contribution in [0.25, 0.3) is 10.9 Å². The SMILES string of the molecule is CC(C)CCC(=O)NCCNC(=O)c1ccc2ccccc2n1. The third kappa shape index (κ3) is 5.36. The van der Waals surface area contributed by atoms with Crippen molar-refractivity contribution in [3.63, 3.8) is 0 Å². The van der Waals surface area contributed by atoms with Crippen molar-refractivity contribution in [3.05, 3.63) is 42.1 Å². The Labute approximate surface area is 136 Å². The Morgan fingerprint density at radius 1 is 1.04 bits per heavy atom. The summed E-state index contributed by atoms with van der Waals surface area (Å²) in [7, 11) is 0. The van der Waals surface area contributed by atoms with E-state index in [9.17, 15) is 9.59 Å². The molecular formula is C18H23N3O2. The van der Waals surface area contributed by atoms with Crippen LogP contribution in [0, 0.1) is 5.92 Å². The van der Waals surface area contributed by atoms with E-state index in [1.54, 1.807) is 6.07 Å². The molecule has 0 aliphatic heterocycles. The highest BCUT2D eigenvalue weighted by Gasteiger charge is 2.08. The summed E-state index contributed by atoms with van der Waals surface area (Å²) < 4.78 is 0. The van der Waals surface area contributed by atoms with Crippen molar-refractivity contribution in [3.8, 4) is 0 Å². The number of nitrogens with one attached hydrogen (secondary N) is 2.